The van der Waals surface area contributed by atoms with Gasteiger partial charge in [-0.15, -0.1) is 0 Å². The molecule has 0 aliphatic carbocycles. The maximum absolute atomic E-state index is 10.9. The van der Waals surface area contributed by atoms with Crippen molar-refractivity contribution >= 4 is 5.69 Å². The second kappa shape index (κ2) is 5.24. The fourth-order valence-corrected chi connectivity index (χ4v) is 1.42. The van der Waals surface area contributed by atoms with Crippen molar-refractivity contribution in [3.63, 3.8) is 0 Å². The lowest BCUT2D eigenvalue weighted by Crippen LogP contribution is -1.95. The molecule has 1 N–H and O–H groups in total. The quantitative estimate of drug-likeness (QED) is 0.660. The number of ether oxygens (including phenoxy) is 1. The fraction of sp³-hybridized carbons (Fsp3) is 0.0833. The van der Waals surface area contributed by atoms with E-state index in [-0.39, 0.29) is 18.0 Å². The van der Waals surface area contributed by atoms with Crippen molar-refractivity contribution < 1.29 is 14.8 Å². The number of nitro groups is 1. The lowest BCUT2D eigenvalue weighted by molar-refractivity contribution is -0.385. The molecule has 2 rings (SSSR count). The van der Waals surface area contributed by atoms with Crippen molar-refractivity contribution in [2.24, 2.45) is 0 Å². The normalized spacial score (nSPS) is 10.1. The SMILES string of the molecule is O=[N+]([O-])c1cc(CO)ccc1Oc1cccnc1. The lowest BCUT2D eigenvalue weighted by atomic mass is 10.2. The summed E-state index contributed by atoms with van der Waals surface area (Å²) in [5.41, 5.74) is 0.269. The number of nitrogens with zero attached hydrogens (tertiary/aromatic N) is 2. The van der Waals surface area contributed by atoms with Crippen molar-refractivity contribution in [3.05, 3.63) is 58.4 Å². The second-order valence-corrected chi connectivity index (χ2v) is 3.51. The third-order valence-corrected chi connectivity index (χ3v) is 2.26. The highest BCUT2D eigenvalue weighted by molar-refractivity contribution is 5.50. The van der Waals surface area contributed by atoms with E-state index in [0.29, 0.717) is 11.3 Å². The highest BCUT2D eigenvalue weighted by Crippen LogP contribution is 2.31. The van der Waals surface area contributed by atoms with Crippen molar-refractivity contribution in [2.75, 3.05) is 0 Å². The molecule has 6 nitrogen and oxygen atoms in total. The van der Waals surface area contributed by atoms with E-state index in [1.54, 1.807) is 24.4 Å². The van der Waals surface area contributed by atoms with Gasteiger partial charge in [0, 0.05) is 12.3 Å². The summed E-state index contributed by atoms with van der Waals surface area (Å²) in [5.74, 6) is 0.530. The summed E-state index contributed by atoms with van der Waals surface area (Å²) in [6.07, 6.45) is 3.04. The van der Waals surface area contributed by atoms with E-state index in [0.717, 1.165) is 0 Å². The Morgan fingerprint density at radius 2 is 2.22 bits per heavy atom. The number of aromatic nitrogens is 1. The van der Waals surface area contributed by atoms with E-state index in [4.69, 9.17) is 9.84 Å². The largest absolute Gasteiger partial charge is 0.449 e. The fourth-order valence-electron chi connectivity index (χ4n) is 1.42. The van der Waals surface area contributed by atoms with Gasteiger partial charge in [-0.1, -0.05) is 6.07 Å². The highest BCUT2D eigenvalue weighted by Gasteiger charge is 2.16. The van der Waals surface area contributed by atoms with E-state index in [2.05, 4.69) is 4.98 Å². The van der Waals surface area contributed by atoms with Crippen LogP contribution in [-0.4, -0.2) is 15.0 Å². The minimum Gasteiger partial charge on any atom is -0.449 e. The predicted octanol–water partition coefficient (Wildman–Crippen LogP) is 2.27. The molecule has 92 valence electrons. The van der Waals surface area contributed by atoms with Gasteiger partial charge in [0.2, 0.25) is 5.75 Å². The van der Waals surface area contributed by atoms with Gasteiger partial charge < -0.3 is 9.84 Å². The summed E-state index contributed by atoms with van der Waals surface area (Å²) in [6, 6.07) is 7.63. The number of hydrogen-bond donors (Lipinski definition) is 1. The molecule has 18 heavy (non-hydrogen) atoms. The maximum Gasteiger partial charge on any atom is 0.311 e. The van der Waals surface area contributed by atoms with E-state index >= 15 is 0 Å². The second-order valence-electron chi connectivity index (χ2n) is 3.51. The van der Waals surface area contributed by atoms with Gasteiger partial charge in [0.15, 0.2) is 0 Å². The molecule has 1 aromatic heterocycles. The summed E-state index contributed by atoms with van der Waals surface area (Å²) >= 11 is 0. The molecule has 0 aliphatic heterocycles. The topological polar surface area (TPSA) is 85.5 Å². The van der Waals surface area contributed by atoms with Crippen LogP contribution in [0.15, 0.2) is 42.7 Å². The molecule has 0 unspecified atom stereocenters. The molecule has 0 saturated carbocycles. The monoisotopic (exact) mass is 246 g/mol. The van der Waals surface area contributed by atoms with Crippen molar-refractivity contribution in [3.8, 4) is 11.5 Å². The van der Waals surface area contributed by atoms with Gasteiger partial charge in [0.1, 0.15) is 5.75 Å². The molecule has 0 amide bonds. The Bertz CT molecular complexity index is 557. The van der Waals surface area contributed by atoms with Gasteiger partial charge in [-0.05, 0) is 23.8 Å². The van der Waals surface area contributed by atoms with Crippen molar-refractivity contribution in [1.82, 2.24) is 4.98 Å². The molecular formula is C12H10N2O4. The number of rotatable bonds is 4. The van der Waals surface area contributed by atoms with Crippen molar-refractivity contribution in [2.45, 2.75) is 6.61 Å². The summed E-state index contributed by atoms with van der Waals surface area (Å²) < 4.78 is 5.38. The summed E-state index contributed by atoms with van der Waals surface area (Å²) in [5, 5.41) is 19.9. The number of nitro benzene ring substituents is 1. The Morgan fingerprint density at radius 3 is 2.83 bits per heavy atom. The molecule has 1 heterocycles. The minimum absolute atomic E-state index is 0.116. The zero-order valence-corrected chi connectivity index (χ0v) is 9.31. The average molecular weight is 246 g/mol. The van der Waals surface area contributed by atoms with E-state index in [1.807, 2.05) is 0 Å². The number of pyridine rings is 1. The van der Waals surface area contributed by atoms with Crippen LogP contribution in [0.25, 0.3) is 0 Å². The van der Waals surface area contributed by atoms with Crippen LogP contribution in [-0.2, 0) is 6.61 Å². The molecule has 1 aromatic carbocycles. The molecule has 0 aliphatic rings. The molecule has 6 heteroatoms. The van der Waals surface area contributed by atoms with Crippen LogP contribution in [0, 0.1) is 10.1 Å². The van der Waals surface area contributed by atoms with Gasteiger partial charge in [-0.25, -0.2) is 0 Å². The van der Waals surface area contributed by atoms with Gasteiger partial charge in [0.25, 0.3) is 0 Å². The van der Waals surface area contributed by atoms with Gasteiger partial charge in [0.05, 0.1) is 17.7 Å². The molecule has 0 fully saturated rings. The van der Waals surface area contributed by atoms with Crippen molar-refractivity contribution in [1.29, 1.82) is 0 Å². The minimum atomic E-state index is -0.551. The van der Waals surface area contributed by atoms with Crippen LogP contribution in [0.2, 0.25) is 0 Å². The predicted molar refractivity (Wildman–Crippen MR) is 63.3 cm³/mol. The molecule has 0 bridgehead atoms. The maximum atomic E-state index is 10.9. The summed E-state index contributed by atoms with van der Waals surface area (Å²) in [4.78, 5) is 14.2. The van der Waals surface area contributed by atoms with E-state index in [9.17, 15) is 10.1 Å². The van der Waals surface area contributed by atoms with Crippen LogP contribution in [0.4, 0.5) is 5.69 Å². The van der Waals surface area contributed by atoms with E-state index < -0.39 is 4.92 Å². The van der Waals surface area contributed by atoms with Crippen LogP contribution < -0.4 is 4.74 Å². The van der Waals surface area contributed by atoms with Gasteiger partial charge in [-0.2, -0.15) is 0 Å². The standard InChI is InChI=1S/C12H10N2O4/c15-8-9-3-4-12(11(6-9)14(16)17)18-10-2-1-5-13-7-10/h1-7,15H,8H2. The van der Waals surface area contributed by atoms with Gasteiger partial charge in [-0.3, -0.25) is 15.1 Å². The average Bonchev–Trinajstić information content (AvgIpc) is 2.40. The first-order valence-corrected chi connectivity index (χ1v) is 5.17. The third-order valence-electron chi connectivity index (χ3n) is 2.26. The summed E-state index contributed by atoms with van der Waals surface area (Å²) in [7, 11) is 0. The van der Waals surface area contributed by atoms with Crippen LogP contribution in [0.1, 0.15) is 5.56 Å². The van der Waals surface area contributed by atoms with Gasteiger partial charge >= 0.3 is 5.69 Å². The third kappa shape index (κ3) is 2.61. The smallest absolute Gasteiger partial charge is 0.311 e. The molecule has 0 saturated heterocycles. The zero-order chi connectivity index (χ0) is 13.0. The Labute approximate surface area is 103 Å². The first kappa shape index (κ1) is 12.0. The number of aliphatic hydroxyl groups is 1. The first-order valence-electron chi connectivity index (χ1n) is 5.17. The first-order chi connectivity index (χ1) is 8.70. The van der Waals surface area contributed by atoms with E-state index in [1.165, 1.54) is 18.3 Å². The lowest BCUT2D eigenvalue weighted by Gasteiger charge is -2.06. The number of benzene rings is 1. The zero-order valence-electron chi connectivity index (χ0n) is 9.31. The molecular weight excluding hydrogens is 236 g/mol. The Morgan fingerprint density at radius 1 is 1.39 bits per heavy atom. The molecule has 0 spiro atoms. The van der Waals surface area contributed by atoms with Crippen LogP contribution >= 0.6 is 0 Å². The highest BCUT2D eigenvalue weighted by atomic mass is 16.6. The Balaban J connectivity index is 2.35. The molecule has 0 radical (unpaired) electrons. The van der Waals surface area contributed by atoms with Crippen LogP contribution in [0.5, 0.6) is 11.5 Å². The number of aliphatic hydroxyl groups excluding tert-OH is 1. The van der Waals surface area contributed by atoms with Crippen LogP contribution in [0.3, 0.4) is 0 Å². The summed E-state index contributed by atoms with van der Waals surface area (Å²) in [6.45, 7) is -0.256. The number of hydrogen-bond acceptors (Lipinski definition) is 5. The Kier molecular flexibility index (Phi) is 3.49. The Hall–Kier alpha value is -2.47. The molecule has 2 aromatic rings. The molecule has 0 atom stereocenters.